The Labute approximate surface area is 124 Å². The molecule has 0 heterocycles. The van der Waals surface area contributed by atoms with Crippen molar-refractivity contribution in [3.05, 3.63) is 11.3 Å². The molecule has 0 aromatic carbocycles. The summed E-state index contributed by atoms with van der Waals surface area (Å²) in [5.41, 5.74) is 0.910. The molecule has 2 N–H and O–H groups in total. The summed E-state index contributed by atoms with van der Waals surface area (Å²) in [6.07, 6.45) is 12.0. The highest BCUT2D eigenvalue weighted by molar-refractivity contribution is 5.08. The first-order chi connectivity index (χ1) is 9.52. The Morgan fingerprint density at radius 3 is 2.30 bits per heavy atom. The van der Waals surface area contributed by atoms with Gasteiger partial charge in [0.05, 0.1) is 12.7 Å². The third-order valence-electron chi connectivity index (χ3n) is 3.23. The van der Waals surface area contributed by atoms with E-state index < -0.39 is 6.10 Å². The van der Waals surface area contributed by atoms with E-state index in [0.29, 0.717) is 5.76 Å². The molecule has 2 atom stereocenters. The highest BCUT2D eigenvalue weighted by atomic mass is 16.5. The normalized spacial score (nSPS) is 13.4. The van der Waals surface area contributed by atoms with Gasteiger partial charge in [-0.3, -0.25) is 0 Å². The highest BCUT2D eigenvalue weighted by Gasteiger charge is 2.15. The number of aliphatic hydroxyl groups is 2. The Hall–Kier alpha value is -0.980. The van der Waals surface area contributed by atoms with Crippen molar-refractivity contribution in [1.29, 1.82) is 0 Å². The predicted octanol–water partition coefficient (Wildman–Crippen LogP) is 3.40. The predicted molar refractivity (Wildman–Crippen MR) is 83.2 cm³/mol. The Morgan fingerprint density at radius 2 is 1.75 bits per heavy atom. The number of ether oxygens (including phenoxy) is 1. The van der Waals surface area contributed by atoms with Crippen molar-refractivity contribution in [3.8, 4) is 12.3 Å². The topological polar surface area (TPSA) is 49.7 Å². The molecule has 0 aromatic heterocycles. The molecule has 116 valence electrons. The molecule has 0 radical (unpaired) electrons. The van der Waals surface area contributed by atoms with Crippen molar-refractivity contribution < 1.29 is 14.9 Å². The second-order valence-corrected chi connectivity index (χ2v) is 5.50. The van der Waals surface area contributed by atoms with E-state index in [9.17, 15) is 5.11 Å². The zero-order valence-electron chi connectivity index (χ0n) is 13.2. The smallest absolute Gasteiger partial charge is 0.134 e. The van der Waals surface area contributed by atoms with Crippen LogP contribution in [0.25, 0.3) is 0 Å². The average molecular weight is 282 g/mol. The maximum absolute atomic E-state index is 9.68. The van der Waals surface area contributed by atoms with Crippen molar-refractivity contribution in [2.24, 2.45) is 0 Å². The molecule has 0 aliphatic rings. The minimum Gasteiger partial charge on any atom is -0.492 e. The first kappa shape index (κ1) is 19.0. The number of allylic oxidation sites excluding steroid dienone is 1. The van der Waals surface area contributed by atoms with Gasteiger partial charge in [-0.1, -0.05) is 19.3 Å². The van der Waals surface area contributed by atoms with E-state index in [-0.39, 0.29) is 12.7 Å². The summed E-state index contributed by atoms with van der Waals surface area (Å²) in [4.78, 5) is 0. The lowest BCUT2D eigenvalue weighted by molar-refractivity contribution is 0.0277. The second kappa shape index (κ2) is 11.8. The van der Waals surface area contributed by atoms with Crippen LogP contribution in [0.1, 0.15) is 65.7 Å². The molecule has 0 aliphatic heterocycles. The fraction of sp³-hybridized carbons (Fsp3) is 0.765. The Balaban J connectivity index is 3.85. The molecular weight excluding hydrogens is 252 g/mol. The molecule has 3 heteroatoms. The van der Waals surface area contributed by atoms with Crippen molar-refractivity contribution in [2.75, 3.05) is 6.61 Å². The zero-order valence-corrected chi connectivity index (χ0v) is 13.2. The van der Waals surface area contributed by atoms with E-state index in [1.54, 1.807) is 0 Å². The molecule has 3 nitrogen and oxygen atoms in total. The van der Waals surface area contributed by atoms with Gasteiger partial charge in [-0.15, -0.1) is 12.3 Å². The summed E-state index contributed by atoms with van der Waals surface area (Å²) in [5, 5.41) is 18.7. The highest BCUT2D eigenvalue weighted by Crippen LogP contribution is 2.17. The van der Waals surface area contributed by atoms with E-state index in [4.69, 9.17) is 16.3 Å². The largest absolute Gasteiger partial charge is 0.492 e. The Kier molecular flexibility index (Phi) is 11.2. The van der Waals surface area contributed by atoms with E-state index in [0.717, 1.165) is 31.3 Å². The molecule has 2 unspecified atom stereocenters. The Bertz CT molecular complexity index is 311. The van der Waals surface area contributed by atoms with E-state index in [1.165, 1.54) is 19.3 Å². The minimum atomic E-state index is -0.911. The molecule has 20 heavy (non-hydrogen) atoms. The van der Waals surface area contributed by atoms with Gasteiger partial charge in [0.2, 0.25) is 0 Å². The Morgan fingerprint density at radius 1 is 1.15 bits per heavy atom. The van der Waals surface area contributed by atoms with Crippen molar-refractivity contribution in [1.82, 2.24) is 0 Å². The van der Waals surface area contributed by atoms with Crippen LogP contribution in [0.4, 0.5) is 0 Å². The van der Waals surface area contributed by atoms with Gasteiger partial charge in [0, 0.05) is 6.42 Å². The van der Waals surface area contributed by atoms with Crippen LogP contribution in [0, 0.1) is 12.3 Å². The maximum atomic E-state index is 9.68. The lowest BCUT2D eigenvalue weighted by atomic mass is 10.1. The van der Waals surface area contributed by atoms with Gasteiger partial charge in [0.25, 0.3) is 0 Å². The summed E-state index contributed by atoms with van der Waals surface area (Å²) in [7, 11) is 0. The number of hydrogen-bond donors (Lipinski definition) is 2. The molecule has 0 amide bonds. The lowest BCUT2D eigenvalue weighted by Crippen LogP contribution is -2.22. The van der Waals surface area contributed by atoms with Gasteiger partial charge in [-0.25, -0.2) is 0 Å². The molecule has 0 bridgehead atoms. The molecule has 0 aliphatic carbocycles. The van der Waals surface area contributed by atoms with Gasteiger partial charge < -0.3 is 14.9 Å². The monoisotopic (exact) mass is 282 g/mol. The van der Waals surface area contributed by atoms with Crippen LogP contribution in [0.2, 0.25) is 0 Å². The van der Waals surface area contributed by atoms with E-state index in [2.05, 4.69) is 5.92 Å². The van der Waals surface area contributed by atoms with Crippen LogP contribution < -0.4 is 0 Å². The molecule has 0 fully saturated rings. The van der Waals surface area contributed by atoms with Crippen molar-refractivity contribution in [2.45, 2.75) is 77.9 Å². The summed E-state index contributed by atoms with van der Waals surface area (Å²) in [6, 6.07) is 0. The molecule has 0 spiro atoms. The fourth-order valence-electron chi connectivity index (χ4n) is 2.08. The van der Waals surface area contributed by atoms with Crippen LogP contribution in [0.5, 0.6) is 0 Å². The van der Waals surface area contributed by atoms with Crippen LogP contribution in [-0.4, -0.2) is 29.0 Å². The molecule has 0 aromatic rings. The first-order valence-electron chi connectivity index (χ1n) is 7.59. The lowest BCUT2D eigenvalue weighted by Gasteiger charge is -2.21. The average Bonchev–Trinajstić information content (AvgIpc) is 2.42. The molecule has 0 rings (SSSR count). The third-order valence-corrected chi connectivity index (χ3v) is 3.23. The number of aliphatic hydroxyl groups excluding tert-OH is 2. The van der Waals surface area contributed by atoms with Crippen LogP contribution in [0.15, 0.2) is 11.3 Å². The van der Waals surface area contributed by atoms with Gasteiger partial charge in [0.1, 0.15) is 11.9 Å². The third kappa shape index (κ3) is 9.01. The number of rotatable bonds is 11. The number of unbranched alkanes of at least 4 members (excludes halogenated alkanes) is 5. The van der Waals surface area contributed by atoms with Gasteiger partial charge in [-0.05, 0) is 45.6 Å². The van der Waals surface area contributed by atoms with Crippen molar-refractivity contribution in [3.63, 3.8) is 0 Å². The summed E-state index contributed by atoms with van der Waals surface area (Å²) in [5.74, 6) is 3.16. The molecule has 0 saturated heterocycles. The minimum absolute atomic E-state index is 0.0619. The number of terminal acetylenes is 1. The molecule has 0 saturated carbocycles. The fourth-order valence-corrected chi connectivity index (χ4v) is 2.08. The molecular formula is C17H30O3. The zero-order chi connectivity index (χ0) is 15.4. The van der Waals surface area contributed by atoms with Crippen molar-refractivity contribution >= 4 is 0 Å². The second-order valence-electron chi connectivity index (χ2n) is 5.50. The van der Waals surface area contributed by atoms with Gasteiger partial charge in [-0.2, -0.15) is 0 Å². The number of hydrogen-bond acceptors (Lipinski definition) is 3. The summed E-state index contributed by atoms with van der Waals surface area (Å²) >= 11 is 0. The van der Waals surface area contributed by atoms with Crippen LogP contribution in [-0.2, 0) is 4.74 Å². The van der Waals surface area contributed by atoms with Gasteiger partial charge in [0.15, 0.2) is 0 Å². The quantitative estimate of drug-likeness (QED) is 0.347. The van der Waals surface area contributed by atoms with E-state index in [1.807, 2.05) is 20.8 Å². The van der Waals surface area contributed by atoms with Crippen LogP contribution >= 0.6 is 0 Å². The summed E-state index contributed by atoms with van der Waals surface area (Å²) < 4.78 is 5.75. The first-order valence-corrected chi connectivity index (χ1v) is 7.59. The van der Waals surface area contributed by atoms with Gasteiger partial charge >= 0.3 is 0 Å². The standard InChI is InChI=1S/C17H30O3/c1-5-6-7-8-9-10-11-12-15(4)20-17(14(2)3)16(19)13-18/h1,15-16,18-19H,6-13H2,2-4H3. The van der Waals surface area contributed by atoms with E-state index >= 15 is 0 Å². The maximum Gasteiger partial charge on any atom is 0.134 e. The SMILES string of the molecule is C#CCCCCCCCC(C)OC(=C(C)C)C(O)CO. The summed E-state index contributed by atoms with van der Waals surface area (Å²) in [6.45, 7) is 5.46. The van der Waals surface area contributed by atoms with Crippen LogP contribution in [0.3, 0.4) is 0 Å².